The number of nitrogens with one attached hydrogen (secondary N) is 1. The van der Waals surface area contributed by atoms with Gasteiger partial charge >= 0.3 is 0 Å². The fraction of sp³-hybridized carbons (Fsp3) is 0.917. The van der Waals surface area contributed by atoms with Gasteiger partial charge in [-0.05, 0) is 37.5 Å². The smallest absolute Gasteiger partial charge is 0.188 e. The van der Waals surface area contributed by atoms with Crippen LogP contribution in [0, 0.1) is 11.8 Å². The van der Waals surface area contributed by atoms with Crippen LogP contribution < -0.4 is 11.1 Å². The first-order chi connectivity index (χ1) is 7.58. The summed E-state index contributed by atoms with van der Waals surface area (Å²) in [5.74, 6) is 1.74. The number of nitrogens with zero attached hydrogens (tertiary/aromatic N) is 1. The van der Waals surface area contributed by atoms with E-state index in [0.29, 0.717) is 17.8 Å². The van der Waals surface area contributed by atoms with Crippen molar-refractivity contribution in [3.05, 3.63) is 0 Å². The largest absolute Gasteiger partial charge is 0.393 e. The average molecular weight is 227 g/mol. The van der Waals surface area contributed by atoms with Gasteiger partial charge in [0.05, 0.1) is 6.10 Å². The monoisotopic (exact) mass is 227 g/mol. The summed E-state index contributed by atoms with van der Waals surface area (Å²) in [6, 6.07) is 0. The van der Waals surface area contributed by atoms with Crippen LogP contribution in [0.1, 0.15) is 39.5 Å². The summed E-state index contributed by atoms with van der Waals surface area (Å²) in [6.45, 7) is 5.92. The Labute approximate surface area is 98.3 Å². The van der Waals surface area contributed by atoms with Crippen LogP contribution in [0.3, 0.4) is 0 Å². The van der Waals surface area contributed by atoms with E-state index in [1.165, 1.54) is 0 Å². The Balaban J connectivity index is 2.16. The maximum atomic E-state index is 9.38. The molecule has 4 nitrogen and oxygen atoms in total. The molecule has 0 heterocycles. The Bertz CT molecular complexity index is 220. The van der Waals surface area contributed by atoms with Crippen LogP contribution >= 0.6 is 0 Å². The second-order valence-electron chi connectivity index (χ2n) is 5.18. The molecule has 0 unspecified atom stereocenters. The van der Waals surface area contributed by atoms with Crippen LogP contribution in [-0.4, -0.2) is 30.3 Å². The van der Waals surface area contributed by atoms with E-state index in [4.69, 9.17) is 5.73 Å². The van der Waals surface area contributed by atoms with Gasteiger partial charge in [-0.2, -0.15) is 0 Å². The lowest BCUT2D eigenvalue weighted by molar-refractivity contribution is 0.109. The number of hydrogen-bond donors (Lipinski definition) is 3. The summed E-state index contributed by atoms with van der Waals surface area (Å²) in [7, 11) is 0. The number of aliphatic hydroxyl groups is 1. The zero-order valence-electron chi connectivity index (χ0n) is 10.4. The molecule has 0 bridgehead atoms. The van der Waals surface area contributed by atoms with Crippen molar-refractivity contribution in [1.82, 2.24) is 5.32 Å². The summed E-state index contributed by atoms with van der Waals surface area (Å²) in [4.78, 5) is 4.26. The van der Waals surface area contributed by atoms with Gasteiger partial charge in [0.1, 0.15) is 0 Å². The first-order valence-corrected chi connectivity index (χ1v) is 6.29. The molecule has 0 aliphatic heterocycles. The third kappa shape index (κ3) is 5.35. The predicted octanol–water partition coefficient (Wildman–Crippen LogP) is 1.10. The van der Waals surface area contributed by atoms with Crippen LogP contribution in [0.5, 0.6) is 0 Å². The SMILES string of the molecule is CC(C)CN=C(N)NCC1CCC(O)CC1. The van der Waals surface area contributed by atoms with Crippen LogP contribution in [0.15, 0.2) is 4.99 Å². The van der Waals surface area contributed by atoms with Crippen LogP contribution in [-0.2, 0) is 0 Å². The van der Waals surface area contributed by atoms with Crippen molar-refractivity contribution in [2.45, 2.75) is 45.6 Å². The highest BCUT2D eigenvalue weighted by Gasteiger charge is 2.18. The van der Waals surface area contributed by atoms with Crippen LogP contribution in [0.4, 0.5) is 0 Å². The molecular formula is C12H25N3O. The summed E-state index contributed by atoms with van der Waals surface area (Å²) >= 11 is 0. The van der Waals surface area contributed by atoms with Gasteiger partial charge in [-0.3, -0.25) is 4.99 Å². The van der Waals surface area contributed by atoms with Gasteiger partial charge in [0.2, 0.25) is 0 Å². The molecule has 0 spiro atoms. The van der Waals surface area contributed by atoms with Gasteiger partial charge in [0.25, 0.3) is 0 Å². The van der Waals surface area contributed by atoms with Gasteiger partial charge < -0.3 is 16.2 Å². The molecule has 1 aliphatic rings. The van der Waals surface area contributed by atoms with E-state index >= 15 is 0 Å². The minimum absolute atomic E-state index is 0.0804. The van der Waals surface area contributed by atoms with E-state index in [9.17, 15) is 5.11 Å². The van der Waals surface area contributed by atoms with Gasteiger partial charge in [-0.15, -0.1) is 0 Å². The molecule has 0 amide bonds. The normalized spacial score (nSPS) is 27.1. The van der Waals surface area contributed by atoms with E-state index in [1.807, 2.05) is 0 Å². The van der Waals surface area contributed by atoms with E-state index in [2.05, 4.69) is 24.2 Å². The molecule has 0 saturated heterocycles. The number of rotatable bonds is 4. The van der Waals surface area contributed by atoms with E-state index in [-0.39, 0.29) is 6.10 Å². The number of hydrogen-bond acceptors (Lipinski definition) is 2. The van der Waals surface area contributed by atoms with Crippen molar-refractivity contribution >= 4 is 5.96 Å². The average Bonchev–Trinajstić information content (AvgIpc) is 2.25. The lowest BCUT2D eigenvalue weighted by Gasteiger charge is -2.25. The Morgan fingerprint density at radius 2 is 2.00 bits per heavy atom. The molecule has 1 fully saturated rings. The zero-order chi connectivity index (χ0) is 12.0. The first kappa shape index (κ1) is 13.3. The molecule has 1 aliphatic carbocycles. The molecule has 0 aromatic carbocycles. The quantitative estimate of drug-likeness (QED) is 0.497. The number of aliphatic hydroxyl groups excluding tert-OH is 1. The summed E-state index contributed by atoms with van der Waals surface area (Å²) in [5, 5.41) is 12.5. The Morgan fingerprint density at radius 3 is 2.56 bits per heavy atom. The highest BCUT2D eigenvalue weighted by atomic mass is 16.3. The molecule has 16 heavy (non-hydrogen) atoms. The van der Waals surface area contributed by atoms with Gasteiger partial charge in [-0.1, -0.05) is 13.8 Å². The minimum Gasteiger partial charge on any atom is -0.393 e. The Morgan fingerprint density at radius 1 is 1.38 bits per heavy atom. The maximum absolute atomic E-state index is 9.38. The van der Waals surface area contributed by atoms with Crippen molar-refractivity contribution in [1.29, 1.82) is 0 Å². The van der Waals surface area contributed by atoms with Crippen molar-refractivity contribution in [3.63, 3.8) is 0 Å². The summed E-state index contributed by atoms with van der Waals surface area (Å²) < 4.78 is 0. The standard InChI is InChI=1S/C12H25N3O/c1-9(2)7-14-12(13)15-8-10-3-5-11(16)6-4-10/h9-11,16H,3-8H2,1-2H3,(H3,13,14,15). The Kier molecular flexibility index (Phi) is 5.60. The highest BCUT2D eigenvalue weighted by Crippen LogP contribution is 2.23. The lowest BCUT2D eigenvalue weighted by Crippen LogP contribution is -2.37. The molecule has 4 N–H and O–H groups in total. The fourth-order valence-corrected chi connectivity index (χ4v) is 1.93. The number of guanidine groups is 1. The van der Waals surface area contributed by atoms with Gasteiger partial charge in [0.15, 0.2) is 5.96 Å². The molecular weight excluding hydrogens is 202 g/mol. The Hall–Kier alpha value is -0.770. The first-order valence-electron chi connectivity index (χ1n) is 6.29. The number of nitrogens with two attached hydrogens (primary N) is 1. The zero-order valence-corrected chi connectivity index (χ0v) is 10.4. The van der Waals surface area contributed by atoms with Crippen molar-refractivity contribution in [2.75, 3.05) is 13.1 Å². The molecule has 94 valence electrons. The van der Waals surface area contributed by atoms with Crippen molar-refractivity contribution in [2.24, 2.45) is 22.6 Å². The summed E-state index contributed by atoms with van der Waals surface area (Å²) in [5.41, 5.74) is 5.76. The molecule has 4 heteroatoms. The number of aliphatic imine (C=N–C) groups is 1. The predicted molar refractivity (Wildman–Crippen MR) is 67.3 cm³/mol. The topological polar surface area (TPSA) is 70.6 Å². The summed E-state index contributed by atoms with van der Waals surface area (Å²) in [6.07, 6.45) is 3.95. The second-order valence-corrected chi connectivity index (χ2v) is 5.18. The molecule has 1 saturated carbocycles. The van der Waals surface area contributed by atoms with E-state index in [0.717, 1.165) is 38.8 Å². The van der Waals surface area contributed by atoms with Crippen LogP contribution in [0.2, 0.25) is 0 Å². The third-order valence-electron chi connectivity index (χ3n) is 3.01. The highest BCUT2D eigenvalue weighted by molar-refractivity contribution is 5.77. The molecule has 0 radical (unpaired) electrons. The fourth-order valence-electron chi connectivity index (χ4n) is 1.93. The third-order valence-corrected chi connectivity index (χ3v) is 3.01. The van der Waals surface area contributed by atoms with Gasteiger partial charge in [0, 0.05) is 13.1 Å². The van der Waals surface area contributed by atoms with Crippen molar-refractivity contribution < 1.29 is 5.11 Å². The second kappa shape index (κ2) is 6.74. The molecule has 0 aromatic rings. The van der Waals surface area contributed by atoms with E-state index < -0.39 is 0 Å². The van der Waals surface area contributed by atoms with E-state index in [1.54, 1.807) is 0 Å². The molecule has 1 rings (SSSR count). The maximum Gasteiger partial charge on any atom is 0.188 e. The molecule has 0 atom stereocenters. The van der Waals surface area contributed by atoms with Crippen molar-refractivity contribution in [3.8, 4) is 0 Å². The molecule has 0 aromatic heterocycles. The van der Waals surface area contributed by atoms with Gasteiger partial charge in [-0.25, -0.2) is 0 Å². The van der Waals surface area contributed by atoms with Crippen LogP contribution in [0.25, 0.3) is 0 Å². The lowest BCUT2D eigenvalue weighted by atomic mass is 9.87. The minimum atomic E-state index is -0.0804.